The van der Waals surface area contributed by atoms with E-state index in [1.54, 1.807) is 0 Å². The largest absolute Gasteiger partial charge is 0.464 e. The second kappa shape index (κ2) is 6.45. The second-order valence-corrected chi connectivity index (χ2v) is 6.02. The third-order valence-electron chi connectivity index (χ3n) is 4.58. The minimum absolute atomic E-state index is 0.457. The monoisotopic (exact) mass is 271 g/mol. The summed E-state index contributed by atoms with van der Waals surface area (Å²) in [6.45, 7) is 3.32. The van der Waals surface area contributed by atoms with Gasteiger partial charge in [0.2, 0.25) is 0 Å². The Hall–Kier alpha value is -1.28. The number of hydrogen-bond donors (Lipinski definition) is 1. The van der Waals surface area contributed by atoms with Crippen LogP contribution in [0.1, 0.15) is 57.1 Å². The molecule has 2 nitrogen and oxygen atoms in total. The summed E-state index contributed by atoms with van der Waals surface area (Å²) in [5.74, 6) is 0.760. The minimum atomic E-state index is 0.457. The average Bonchev–Trinajstić information content (AvgIpc) is 2.93. The van der Waals surface area contributed by atoms with E-state index >= 15 is 0 Å². The maximum absolute atomic E-state index is 5.76. The number of rotatable bonds is 5. The van der Waals surface area contributed by atoms with Crippen LogP contribution in [0.4, 0.5) is 0 Å². The molecule has 3 rings (SSSR count). The molecule has 0 radical (unpaired) electrons. The zero-order chi connectivity index (χ0) is 13.8. The molecule has 1 N–H and O–H groups in total. The number of furan rings is 1. The molecule has 1 aromatic carbocycles. The lowest BCUT2D eigenvalue weighted by Crippen LogP contribution is -2.30. The van der Waals surface area contributed by atoms with Crippen LogP contribution in [0.3, 0.4) is 0 Å². The molecule has 20 heavy (non-hydrogen) atoms. The van der Waals surface area contributed by atoms with E-state index in [-0.39, 0.29) is 0 Å². The summed E-state index contributed by atoms with van der Waals surface area (Å²) in [7, 11) is 0. The highest BCUT2D eigenvalue weighted by molar-refractivity contribution is 5.81. The molecular formula is C18H25NO. The Morgan fingerprint density at radius 1 is 1.20 bits per heavy atom. The SMILES string of the molecule is CCCNC(c1coc2ccccc12)C1CCCCC1. The molecule has 1 aliphatic rings. The minimum Gasteiger partial charge on any atom is -0.464 e. The van der Waals surface area contributed by atoms with Gasteiger partial charge < -0.3 is 9.73 Å². The van der Waals surface area contributed by atoms with Crippen molar-refractivity contribution in [1.82, 2.24) is 5.32 Å². The predicted octanol–water partition coefficient (Wildman–Crippen LogP) is 5.05. The highest BCUT2D eigenvalue weighted by Gasteiger charge is 2.26. The molecule has 0 saturated heterocycles. The number of nitrogens with one attached hydrogen (secondary N) is 1. The lowest BCUT2D eigenvalue weighted by Gasteiger charge is -2.30. The number of hydrogen-bond acceptors (Lipinski definition) is 2. The second-order valence-electron chi connectivity index (χ2n) is 6.02. The predicted molar refractivity (Wildman–Crippen MR) is 83.8 cm³/mol. The van der Waals surface area contributed by atoms with E-state index in [1.807, 2.05) is 12.3 Å². The summed E-state index contributed by atoms with van der Waals surface area (Å²) in [6, 6.07) is 8.87. The van der Waals surface area contributed by atoms with Gasteiger partial charge in [-0.15, -0.1) is 0 Å². The quantitative estimate of drug-likeness (QED) is 0.822. The normalized spacial score (nSPS) is 18.4. The molecule has 2 heteroatoms. The third-order valence-corrected chi connectivity index (χ3v) is 4.58. The molecule has 0 bridgehead atoms. The van der Waals surface area contributed by atoms with Crippen LogP contribution in [0.15, 0.2) is 34.9 Å². The molecule has 1 aliphatic carbocycles. The Morgan fingerprint density at radius 3 is 2.80 bits per heavy atom. The maximum Gasteiger partial charge on any atom is 0.134 e. The van der Waals surface area contributed by atoms with Crippen LogP contribution in [0.25, 0.3) is 11.0 Å². The molecule has 1 unspecified atom stereocenters. The van der Waals surface area contributed by atoms with E-state index in [2.05, 4.69) is 30.4 Å². The molecule has 1 saturated carbocycles. The van der Waals surface area contributed by atoms with Gasteiger partial charge in [0.1, 0.15) is 5.58 Å². The fourth-order valence-corrected chi connectivity index (χ4v) is 3.54. The summed E-state index contributed by atoms with van der Waals surface area (Å²) in [4.78, 5) is 0. The van der Waals surface area contributed by atoms with Crippen LogP contribution >= 0.6 is 0 Å². The summed E-state index contributed by atoms with van der Waals surface area (Å²) in [5.41, 5.74) is 2.38. The smallest absolute Gasteiger partial charge is 0.134 e. The average molecular weight is 271 g/mol. The molecule has 1 fully saturated rings. The first-order valence-electron chi connectivity index (χ1n) is 8.09. The molecule has 0 amide bonds. The van der Waals surface area contributed by atoms with Crippen molar-refractivity contribution in [3.63, 3.8) is 0 Å². The Labute approximate surface area is 121 Å². The van der Waals surface area contributed by atoms with E-state index in [4.69, 9.17) is 4.42 Å². The van der Waals surface area contributed by atoms with Crippen molar-refractivity contribution in [3.05, 3.63) is 36.1 Å². The van der Waals surface area contributed by atoms with Crippen molar-refractivity contribution in [2.45, 2.75) is 51.5 Å². The van der Waals surface area contributed by atoms with Gasteiger partial charge >= 0.3 is 0 Å². The standard InChI is InChI=1S/C18H25NO/c1-2-12-19-18(14-8-4-3-5-9-14)16-13-20-17-11-7-6-10-15(16)17/h6-7,10-11,13-14,18-19H,2-5,8-9,12H2,1H3. The van der Waals surface area contributed by atoms with E-state index in [0.717, 1.165) is 18.0 Å². The van der Waals surface area contributed by atoms with Crippen LogP contribution in [0.2, 0.25) is 0 Å². The van der Waals surface area contributed by atoms with Crippen LogP contribution in [0.5, 0.6) is 0 Å². The zero-order valence-corrected chi connectivity index (χ0v) is 12.4. The Bertz CT molecular complexity index is 539. The summed E-state index contributed by atoms with van der Waals surface area (Å²) in [5, 5.41) is 5.06. The highest BCUT2D eigenvalue weighted by Crippen LogP contribution is 2.37. The van der Waals surface area contributed by atoms with E-state index in [9.17, 15) is 0 Å². The van der Waals surface area contributed by atoms with Crippen molar-refractivity contribution < 1.29 is 4.42 Å². The van der Waals surface area contributed by atoms with Crippen molar-refractivity contribution in [2.75, 3.05) is 6.54 Å². The fourth-order valence-electron chi connectivity index (χ4n) is 3.54. The lowest BCUT2D eigenvalue weighted by molar-refractivity contribution is 0.272. The molecule has 1 aromatic heterocycles. The Morgan fingerprint density at radius 2 is 2.00 bits per heavy atom. The first-order chi connectivity index (χ1) is 9.90. The zero-order valence-electron chi connectivity index (χ0n) is 12.4. The van der Waals surface area contributed by atoms with Gasteiger partial charge in [-0.1, -0.05) is 44.4 Å². The van der Waals surface area contributed by atoms with E-state index in [0.29, 0.717) is 6.04 Å². The topological polar surface area (TPSA) is 25.2 Å². The van der Waals surface area contributed by atoms with Gasteiger partial charge in [0.25, 0.3) is 0 Å². The summed E-state index contributed by atoms with van der Waals surface area (Å²) < 4.78 is 5.76. The number of para-hydroxylation sites is 1. The van der Waals surface area contributed by atoms with E-state index < -0.39 is 0 Å². The van der Waals surface area contributed by atoms with Crippen molar-refractivity contribution in [3.8, 4) is 0 Å². The molecular weight excluding hydrogens is 246 g/mol. The Balaban J connectivity index is 1.90. The Kier molecular flexibility index (Phi) is 4.41. The van der Waals surface area contributed by atoms with Gasteiger partial charge in [-0.05, 0) is 37.8 Å². The molecule has 108 valence electrons. The maximum atomic E-state index is 5.76. The summed E-state index contributed by atoms with van der Waals surface area (Å²) in [6.07, 6.45) is 10.0. The van der Waals surface area contributed by atoms with Gasteiger partial charge in [-0.2, -0.15) is 0 Å². The van der Waals surface area contributed by atoms with Gasteiger partial charge in [0.15, 0.2) is 0 Å². The van der Waals surface area contributed by atoms with Crippen molar-refractivity contribution >= 4 is 11.0 Å². The number of fused-ring (bicyclic) bond motifs is 1. The van der Waals surface area contributed by atoms with Gasteiger partial charge in [-0.25, -0.2) is 0 Å². The molecule has 0 aliphatic heterocycles. The van der Waals surface area contributed by atoms with Crippen LogP contribution < -0.4 is 5.32 Å². The van der Waals surface area contributed by atoms with E-state index in [1.165, 1.54) is 49.5 Å². The van der Waals surface area contributed by atoms with Crippen LogP contribution in [0, 0.1) is 5.92 Å². The molecule has 1 atom stereocenters. The van der Waals surface area contributed by atoms with Gasteiger partial charge in [-0.3, -0.25) is 0 Å². The lowest BCUT2D eigenvalue weighted by atomic mass is 9.81. The van der Waals surface area contributed by atoms with Gasteiger partial charge in [0.05, 0.1) is 6.26 Å². The van der Waals surface area contributed by atoms with Crippen LogP contribution in [-0.4, -0.2) is 6.54 Å². The van der Waals surface area contributed by atoms with Gasteiger partial charge in [0, 0.05) is 17.0 Å². The fraction of sp³-hybridized carbons (Fsp3) is 0.556. The number of benzene rings is 1. The summed E-state index contributed by atoms with van der Waals surface area (Å²) >= 11 is 0. The first kappa shape index (κ1) is 13.7. The van der Waals surface area contributed by atoms with Crippen molar-refractivity contribution in [2.24, 2.45) is 5.92 Å². The molecule has 1 heterocycles. The molecule has 0 spiro atoms. The van der Waals surface area contributed by atoms with Crippen molar-refractivity contribution in [1.29, 1.82) is 0 Å². The molecule has 2 aromatic rings. The van der Waals surface area contributed by atoms with Crippen LogP contribution in [-0.2, 0) is 0 Å². The first-order valence-corrected chi connectivity index (χ1v) is 8.09. The third kappa shape index (κ3) is 2.76. The highest BCUT2D eigenvalue weighted by atomic mass is 16.3.